The van der Waals surface area contributed by atoms with Crippen molar-refractivity contribution in [3.63, 3.8) is 0 Å². The SMILES string of the molecule is COc1ccc(C(CNS(=O)(=O)c2cc(S(C)(=O)=O)ccc2Cl)N2CCOCC2)cc1. The van der Waals surface area contributed by atoms with Crippen molar-refractivity contribution in [1.29, 1.82) is 0 Å². The summed E-state index contributed by atoms with van der Waals surface area (Å²) in [5.74, 6) is 0.703. The van der Waals surface area contributed by atoms with Gasteiger partial charge >= 0.3 is 0 Å². The van der Waals surface area contributed by atoms with Gasteiger partial charge in [0, 0.05) is 31.9 Å². The third-order valence-corrected chi connectivity index (χ3v) is 8.09. The van der Waals surface area contributed by atoms with Crippen LogP contribution in [0.2, 0.25) is 5.02 Å². The highest BCUT2D eigenvalue weighted by molar-refractivity contribution is 7.91. The molecule has 1 N–H and O–H groups in total. The Morgan fingerprint density at radius 2 is 1.74 bits per heavy atom. The van der Waals surface area contributed by atoms with Crippen LogP contribution in [-0.4, -0.2) is 67.9 Å². The van der Waals surface area contributed by atoms with Crippen molar-refractivity contribution in [3.8, 4) is 5.75 Å². The predicted octanol–water partition coefficient (Wildman–Crippen LogP) is 2.10. The average Bonchev–Trinajstić information content (AvgIpc) is 2.74. The van der Waals surface area contributed by atoms with Crippen molar-refractivity contribution in [2.45, 2.75) is 15.8 Å². The number of sulfone groups is 1. The van der Waals surface area contributed by atoms with Crippen molar-refractivity contribution in [3.05, 3.63) is 53.1 Å². The summed E-state index contributed by atoms with van der Waals surface area (Å²) in [6.45, 7) is 2.50. The van der Waals surface area contributed by atoms with Gasteiger partial charge in [-0.1, -0.05) is 23.7 Å². The Kier molecular flexibility index (Phi) is 7.61. The molecule has 1 fully saturated rings. The smallest absolute Gasteiger partial charge is 0.242 e. The second kappa shape index (κ2) is 9.85. The van der Waals surface area contributed by atoms with Gasteiger partial charge in [-0.05, 0) is 35.9 Å². The molecular weight excluding hydrogens is 464 g/mol. The van der Waals surface area contributed by atoms with Crippen molar-refractivity contribution in [2.24, 2.45) is 0 Å². The summed E-state index contributed by atoms with van der Waals surface area (Å²) < 4.78 is 62.9. The van der Waals surface area contributed by atoms with Gasteiger partial charge in [0.2, 0.25) is 10.0 Å². The molecule has 0 amide bonds. The van der Waals surface area contributed by atoms with Crippen molar-refractivity contribution >= 4 is 31.5 Å². The lowest BCUT2D eigenvalue weighted by Crippen LogP contribution is -2.43. The van der Waals surface area contributed by atoms with Gasteiger partial charge in [0.1, 0.15) is 10.6 Å². The molecule has 1 atom stereocenters. The largest absolute Gasteiger partial charge is 0.497 e. The van der Waals surface area contributed by atoms with Gasteiger partial charge in [0.05, 0.1) is 30.2 Å². The highest BCUT2D eigenvalue weighted by Crippen LogP contribution is 2.27. The molecule has 0 spiro atoms. The first-order valence-corrected chi connectivity index (χ1v) is 13.3. The first-order valence-electron chi connectivity index (χ1n) is 9.57. The van der Waals surface area contributed by atoms with E-state index in [0.717, 1.165) is 17.9 Å². The average molecular weight is 489 g/mol. The second-order valence-electron chi connectivity index (χ2n) is 7.15. The number of sulfonamides is 1. The van der Waals surface area contributed by atoms with Gasteiger partial charge in [-0.15, -0.1) is 0 Å². The van der Waals surface area contributed by atoms with E-state index in [0.29, 0.717) is 32.1 Å². The number of rotatable bonds is 8. The van der Waals surface area contributed by atoms with Crippen LogP contribution < -0.4 is 9.46 Å². The topological polar surface area (TPSA) is 102 Å². The summed E-state index contributed by atoms with van der Waals surface area (Å²) in [5, 5.41) is -0.0488. The number of nitrogens with one attached hydrogen (secondary N) is 1. The Bertz CT molecular complexity index is 1110. The van der Waals surface area contributed by atoms with E-state index in [1.54, 1.807) is 7.11 Å². The minimum atomic E-state index is -4.06. The monoisotopic (exact) mass is 488 g/mol. The fourth-order valence-corrected chi connectivity index (χ4v) is 5.64. The number of halogens is 1. The molecule has 31 heavy (non-hydrogen) atoms. The minimum absolute atomic E-state index is 0.0488. The highest BCUT2D eigenvalue weighted by atomic mass is 35.5. The first kappa shape index (κ1) is 24.0. The molecule has 0 aromatic heterocycles. The van der Waals surface area contributed by atoms with Crippen molar-refractivity contribution in [1.82, 2.24) is 9.62 Å². The number of nitrogens with zero attached hydrogens (tertiary/aromatic N) is 1. The number of hydrogen-bond donors (Lipinski definition) is 1. The van der Waals surface area contributed by atoms with Crippen LogP contribution in [0.4, 0.5) is 0 Å². The number of morpholine rings is 1. The van der Waals surface area contributed by atoms with Crippen LogP contribution >= 0.6 is 11.6 Å². The maximum Gasteiger partial charge on any atom is 0.242 e. The maximum atomic E-state index is 13.0. The lowest BCUT2D eigenvalue weighted by atomic mass is 10.0. The number of benzene rings is 2. The molecule has 0 aliphatic carbocycles. The van der Waals surface area contributed by atoms with E-state index in [9.17, 15) is 16.8 Å². The van der Waals surface area contributed by atoms with Crippen LogP contribution in [0.3, 0.4) is 0 Å². The van der Waals surface area contributed by atoms with Crippen LogP contribution in [0.25, 0.3) is 0 Å². The molecular formula is C20H25ClN2O6S2. The van der Waals surface area contributed by atoms with Crippen LogP contribution in [0, 0.1) is 0 Å². The Labute approximate surface area is 188 Å². The predicted molar refractivity (Wildman–Crippen MR) is 118 cm³/mol. The Balaban J connectivity index is 1.88. The summed E-state index contributed by atoms with van der Waals surface area (Å²) in [7, 11) is -6.06. The minimum Gasteiger partial charge on any atom is -0.497 e. The molecule has 0 saturated carbocycles. The fraction of sp³-hybridized carbons (Fsp3) is 0.400. The Morgan fingerprint density at radius 1 is 1.10 bits per heavy atom. The molecule has 2 aromatic carbocycles. The van der Waals surface area contributed by atoms with E-state index in [1.165, 1.54) is 12.1 Å². The standard InChI is InChI=1S/C20H25ClN2O6S2/c1-28-16-5-3-15(4-6-16)19(23-9-11-29-12-10-23)14-22-31(26,27)20-13-17(30(2,24)25)7-8-18(20)21/h3-8,13,19,22H,9-12,14H2,1-2H3. The van der Waals surface area contributed by atoms with Gasteiger partial charge in [-0.2, -0.15) is 0 Å². The Hall–Kier alpha value is -1.69. The molecule has 3 rings (SSSR count). The molecule has 0 radical (unpaired) electrons. The first-order chi connectivity index (χ1) is 14.6. The lowest BCUT2D eigenvalue weighted by Gasteiger charge is -2.35. The van der Waals surface area contributed by atoms with E-state index in [1.807, 2.05) is 24.3 Å². The van der Waals surface area contributed by atoms with E-state index in [2.05, 4.69) is 9.62 Å². The third-order valence-electron chi connectivity index (χ3n) is 5.07. The molecule has 1 unspecified atom stereocenters. The van der Waals surface area contributed by atoms with Gasteiger partial charge in [0.25, 0.3) is 0 Å². The van der Waals surface area contributed by atoms with E-state index < -0.39 is 19.9 Å². The van der Waals surface area contributed by atoms with Gasteiger partial charge in [-0.3, -0.25) is 4.90 Å². The lowest BCUT2D eigenvalue weighted by molar-refractivity contribution is 0.0172. The quantitative estimate of drug-likeness (QED) is 0.607. The summed E-state index contributed by atoms with van der Waals surface area (Å²) in [6.07, 6.45) is 1.01. The zero-order valence-corrected chi connectivity index (χ0v) is 19.6. The zero-order valence-electron chi connectivity index (χ0n) is 17.2. The van der Waals surface area contributed by atoms with Gasteiger partial charge in [-0.25, -0.2) is 21.6 Å². The van der Waals surface area contributed by atoms with Crippen LogP contribution in [0.15, 0.2) is 52.3 Å². The van der Waals surface area contributed by atoms with Crippen LogP contribution in [-0.2, 0) is 24.6 Å². The molecule has 170 valence electrons. The van der Waals surface area contributed by atoms with Crippen LogP contribution in [0.5, 0.6) is 5.75 Å². The van der Waals surface area contributed by atoms with E-state index in [4.69, 9.17) is 21.1 Å². The summed E-state index contributed by atoms with van der Waals surface area (Å²) >= 11 is 6.09. The Morgan fingerprint density at radius 3 is 2.32 bits per heavy atom. The van der Waals surface area contributed by atoms with Crippen LogP contribution in [0.1, 0.15) is 11.6 Å². The molecule has 1 saturated heterocycles. The highest BCUT2D eigenvalue weighted by Gasteiger charge is 2.27. The van der Waals surface area contributed by atoms with Gasteiger partial charge in [0.15, 0.2) is 9.84 Å². The molecule has 1 heterocycles. The van der Waals surface area contributed by atoms with Crippen molar-refractivity contribution in [2.75, 3.05) is 46.2 Å². The third kappa shape index (κ3) is 5.97. The summed E-state index contributed by atoms with van der Waals surface area (Å²) in [4.78, 5) is 1.76. The summed E-state index contributed by atoms with van der Waals surface area (Å²) in [5.41, 5.74) is 0.918. The number of methoxy groups -OCH3 is 1. The van der Waals surface area contributed by atoms with E-state index >= 15 is 0 Å². The summed E-state index contributed by atoms with van der Waals surface area (Å²) in [6, 6.07) is 10.8. The molecule has 1 aliphatic heterocycles. The molecule has 11 heteroatoms. The van der Waals surface area contributed by atoms with E-state index in [-0.39, 0.29) is 27.4 Å². The molecule has 2 aromatic rings. The number of hydrogen-bond acceptors (Lipinski definition) is 7. The fourth-order valence-electron chi connectivity index (χ4n) is 3.36. The molecule has 1 aliphatic rings. The van der Waals surface area contributed by atoms with Crippen molar-refractivity contribution < 1.29 is 26.3 Å². The second-order valence-corrected chi connectivity index (χ2v) is 11.3. The number of ether oxygens (including phenoxy) is 2. The normalized spacial score (nSPS) is 16.7. The molecule has 8 nitrogen and oxygen atoms in total. The zero-order chi connectivity index (χ0) is 22.6. The maximum absolute atomic E-state index is 13.0. The molecule has 0 bridgehead atoms. The van der Waals surface area contributed by atoms with Gasteiger partial charge < -0.3 is 9.47 Å².